The third kappa shape index (κ3) is 5.36. The minimum atomic E-state index is -0.788. The van der Waals surface area contributed by atoms with Crippen molar-refractivity contribution in [3.63, 3.8) is 0 Å². The normalized spacial score (nSPS) is 14.9. The van der Waals surface area contributed by atoms with Crippen molar-refractivity contribution < 1.29 is 23.0 Å². The number of carbonyl (C=O) groups excluding carboxylic acids is 1. The van der Waals surface area contributed by atoms with Crippen molar-refractivity contribution in [1.82, 2.24) is 24.8 Å². The maximum Gasteiger partial charge on any atom is 0.252 e. The first-order valence-electron chi connectivity index (χ1n) is 11.8. The first-order chi connectivity index (χ1) is 17.9. The third-order valence-electron chi connectivity index (χ3n) is 6.27. The predicted octanol–water partition coefficient (Wildman–Crippen LogP) is 3.76. The second kappa shape index (κ2) is 10.5. The van der Waals surface area contributed by atoms with E-state index in [4.69, 9.17) is 9.47 Å². The molecular formula is C26H26F2N6O3. The molecule has 0 spiro atoms. The van der Waals surface area contributed by atoms with Gasteiger partial charge in [0.1, 0.15) is 5.82 Å². The highest BCUT2D eigenvalue weighted by Crippen LogP contribution is 2.27. The fourth-order valence-corrected chi connectivity index (χ4v) is 4.30. The van der Waals surface area contributed by atoms with Crippen LogP contribution in [0.2, 0.25) is 0 Å². The van der Waals surface area contributed by atoms with Crippen molar-refractivity contribution in [3.8, 4) is 5.75 Å². The van der Waals surface area contributed by atoms with E-state index in [-0.39, 0.29) is 22.7 Å². The number of carbonyl (C=O) groups is 1. The van der Waals surface area contributed by atoms with E-state index >= 15 is 0 Å². The summed E-state index contributed by atoms with van der Waals surface area (Å²) in [6, 6.07) is 6.42. The standard InChI is InChI=1S/C26H26F2N6O3/c1-34-13-22(30-14-34)24(15-3-4-23(36-2)20(28)9-15)33-25(35)16-10-19(27)18-12-29-26(32-21(18)11-16)31-17-5-7-37-8-6-17/h3-4,9-14,17,24H,5-8H2,1-2H3,(H,33,35)(H,29,31,32). The molecule has 3 heterocycles. The van der Waals surface area contributed by atoms with Gasteiger partial charge in [-0.15, -0.1) is 0 Å². The molecule has 1 fully saturated rings. The fourth-order valence-electron chi connectivity index (χ4n) is 4.30. The van der Waals surface area contributed by atoms with Crippen molar-refractivity contribution in [1.29, 1.82) is 0 Å². The van der Waals surface area contributed by atoms with E-state index in [0.717, 1.165) is 18.9 Å². The van der Waals surface area contributed by atoms with E-state index in [0.29, 0.717) is 35.9 Å². The minimum Gasteiger partial charge on any atom is -0.494 e. The Bertz CT molecular complexity index is 1440. The van der Waals surface area contributed by atoms with Crippen molar-refractivity contribution in [2.24, 2.45) is 7.05 Å². The monoisotopic (exact) mass is 508 g/mol. The van der Waals surface area contributed by atoms with Gasteiger partial charge < -0.3 is 24.7 Å². The highest BCUT2D eigenvalue weighted by Gasteiger charge is 2.23. The lowest BCUT2D eigenvalue weighted by Gasteiger charge is -2.23. The number of halogens is 2. The Hall–Kier alpha value is -4.12. The number of hydrogen-bond donors (Lipinski definition) is 2. The molecule has 1 saturated heterocycles. The van der Waals surface area contributed by atoms with Crippen LogP contribution in [0.4, 0.5) is 14.7 Å². The largest absolute Gasteiger partial charge is 0.494 e. The Balaban J connectivity index is 1.44. The summed E-state index contributed by atoms with van der Waals surface area (Å²) in [4.78, 5) is 26.3. The molecule has 4 aromatic rings. The molecule has 2 N–H and O–H groups in total. The van der Waals surface area contributed by atoms with E-state index in [1.807, 2.05) is 0 Å². The number of fused-ring (bicyclic) bond motifs is 1. The molecule has 0 saturated carbocycles. The summed E-state index contributed by atoms with van der Waals surface area (Å²) in [5, 5.41) is 6.31. The number of ether oxygens (including phenoxy) is 2. The number of nitrogens with one attached hydrogen (secondary N) is 2. The van der Waals surface area contributed by atoms with Crippen LogP contribution < -0.4 is 15.4 Å². The molecule has 37 heavy (non-hydrogen) atoms. The van der Waals surface area contributed by atoms with Gasteiger partial charge in [-0.1, -0.05) is 6.07 Å². The maximum absolute atomic E-state index is 14.9. The molecule has 5 rings (SSSR count). The summed E-state index contributed by atoms with van der Waals surface area (Å²) >= 11 is 0. The Labute approximate surface area is 211 Å². The van der Waals surface area contributed by atoms with Crippen LogP contribution in [0.15, 0.2) is 49.1 Å². The van der Waals surface area contributed by atoms with Crippen LogP contribution in [0.25, 0.3) is 10.9 Å². The molecule has 0 aliphatic carbocycles. The Morgan fingerprint density at radius 2 is 1.97 bits per heavy atom. The van der Waals surface area contributed by atoms with Gasteiger partial charge in [-0.05, 0) is 42.7 Å². The summed E-state index contributed by atoms with van der Waals surface area (Å²) in [5.74, 6) is -1.32. The number of imidazole rings is 1. The van der Waals surface area contributed by atoms with E-state index in [1.54, 1.807) is 30.2 Å². The van der Waals surface area contributed by atoms with Crippen LogP contribution >= 0.6 is 0 Å². The Morgan fingerprint density at radius 1 is 1.16 bits per heavy atom. The van der Waals surface area contributed by atoms with Crippen LogP contribution in [0.5, 0.6) is 5.75 Å². The van der Waals surface area contributed by atoms with Gasteiger partial charge in [0, 0.05) is 44.3 Å². The number of hydrogen-bond acceptors (Lipinski definition) is 7. The molecule has 1 unspecified atom stereocenters. The lowest BCUT2D eigenvalue weighted by atomic mass is 10.0. The average molecular weight is 509 g/mol. The van der Waals surface area contributed by atoms with Crippen molar-refractivity contribution >= 4 is 22.8 Å². The first-order valence-corrected chi connectivity index (χ1v) is 11.8. The van der Waals surface area contributed by atoms with Gasteiger partial charge in [-0.2, -0.15) is 0 Å². The number of benzene rings is 2. The molecule has 0 bridgehead atoms. The van der Waals surface area contributed by atoms with Crippen LogP contribution in [-0.2, 0) is 11.8 Å². The lowest BCUT2D eigenvalue weighted by Crippen LogP contribution is -2.30. The molecule has 11 heteroatoms. The van der Waals surface area contributed by atoms with Crippen LogP contribution in [0.3, 0.4) is 0 Å². The number of aromatic nitrogens is 4. The van der Waals surface area contributed by atoms with Crippen molar-refractivity contribution in [2.45, 2.75) is 24.9 Å². The first kappa shape index (κ1) is 24.6. The van der Waals surface area contributed by atoms with Crippen LogP contribution in [-0.4, -0.2) is 51.8 Å². The number of aryl methyl sites for hydroxylation is 1. The maximum atomic E-state index is 14.9. The second-order valence-electron chi connectivity index (χ2n) is 8.88. The zero-order valence-corrected chi connectivity index (χ0v) is 20.4. The Morgan fingerprint density at radius 3 is 2.68 bits per heavy atom. The molecule has 2 aromatic carbocycles. The van der Waals surface area contributed by atoms with E-state index in [9.17, 15) is 13.6 Å². The highest BCUT2D eigenvalue weighted by molar-refractivity contribution is 5.98. The number of nitrogens with zero attached hydrogens (tertiary/aromatic N) is 4. The summed E-state index contributed by atoms with van der Waals surface area (Å²) in [7, 11) is 3.16. The molecule has 1 amide bonds. The number of amides is 1. The molecule has 0 radical (unpaired) electrons. The predicted molar refractivity (Wildman–Crippen MR) is 132 cm³/mol. The molecule has 192 valence electrons. The van der Waals surface area contributed by atoms with E-state index in [1.165, 1.54) is 31.5 Å². The average Bonchev–Trinajstić information content (AvgIpc) is 3.33. The molecule has 9 nitrogen and oxygen atoms in total. The van der Waals surface area contributed by atoms with E-state index < -0.39 is 23.6 Å². The summed E-state index contributed by atoms with van der Waals surface area (Å²) < 4.78 is 41.5. The molecule has 1 atom stereocenters. The van der Waals surface area contributed by atoms with Crippen LogP contribution in [0, 0.1) is 11.6 Å². The van der Waals surface area contributed by atoms with Gasteiger partial charge in [0.15, 0.2) is 11.6 Å². The van der Waals surface area contributed by atoms with Crippen molar-refractivity contribution in [3.05, 3.63) is 77.5 Å². The van der Waals surface area contributed by atoms with Gasteiger partial charge >= 0.3 is 0 Å². The minimum absolute atomic E-state index is 0.0654. The number of anilines is 1. The molecule has 1 aliphatic rings. The highest BCUT2D eigenvalue weighted by atomic mass is 19.1. The second-order valence-corrected chi connectivity index (χ2v) is 8.88. The Kier molecular flexibility index (Phi) is 6.95. The quantitative estimate of drug-likeness (QED) is 0.392. The van der Waals surface area contributed by atoms with Crippen molar-refractivity contribution in [2.75, 3.05) is 25.6 Å². The van der Waals surface area contributed by atoms with Gasteiger partial charge in [0.05, 0.1) is 36.1 Å². The summed E-state index contributed by atoms with van der Waals surface area (Å²) in [6.45, 7) is 1.31. The molecular weight excluding hydrogens is 482 g/mol. The lowest BCUT2D eigenvalue weighted by molar-refractivity contribution is 0.0903. The fraction of sp³-hybridized carbons (Fsp3) is 0.308. The SMILES string of the molecule is COc1ccc(C(NC(=O)c2cc(F)c3cnc(NC4CCOCC4)nc3c2)c2cn(C)cn2)cc1F. The number of rotatable bonds is 7. The van der Waals surface area contributed by atoms with Gasteiger partial charge in [0.2, 0.25) is 5.95 Å². The van der Waals surface area contributed by atoms with Gasteiger partial charge in [-0.25, -0.2) is 23.7 Å². The zero-order valence-electron chi connectivity index (χ0n) is 20.4. The number of methoxy groups -OCH3 is 1. The van der Waals surface area contributed by atoms with Gasteiger partial charge in [0.25, 0.3) is 5.91 Å². The van der Waals surface area contributed by atoms with E-state index in [2.05, 4.69) is 25.6 Å². The summed E-state index contributed by atoms with van der Waals surface area (Å²) in [5.41, 5.74) is 1.30. The van der Waals surface area contributed by atoms with Gasteiger partial charge in [-0.3, -0.25) is 4.79 Å². The topological polar surface area (TPSA) is 103 Å². The summed E-state index contributed by atoms with van der Waals surface area (Å²) in [6.07, 6.45) is 6.33. The zero-order chi connectivity index (χ0) is 25.9. The molecule has 2 aromatic heterocycles. The third-order valence-corrected chi connectivity index (χ3v) is 6.27. The molecule has 1 aliphatic heterocycles. The smallest absolute Gasteiger partial charge is 0.252 e. The van der Waals surface area contributed by atoms with Crippen LogP contribution in [0.1, 0.15) is 40.5 Å².